The predicted octanol–water partition coefficient (Wildman–Crippen LogP) is -7.79. The average Bonchev–Trinajstić information content (AvgIpc) is 2.92. The Labute approximate surface area is 237 Å². The summed E-state index contributed by atoms with van der Waals surface area (Å²) in [5.41, 5.74) is 23.1. The van der Waals surface area contributed by atoms with Gasteiger partial charge in [-0.25, -0.2) is 0 Å². The molecule has 16 unspecified atom stereocenters. The fourth-order valence-corrected chi connectivity index (χ4v) is 5.07. The van der Waals surface area contributed by atoms with Gasteiger partial charge in [0.05, 0.1) is 18.7 Å². The number of carbonyl (C=O) groups is 1. The second kappa shape index (κ2) is 15.5. The van der Waals surface area contributed by atoms with Crippen molar-refractivity contribution in [2.24, 2.45) is 22.9 Å². The summed E-state index contributed by atoms with van der Waals surface area (Å²) in [4.78, 5) is 12.6. The van der Waals surface area contributed by atoms with E-state index in [0.717, 1.165) is 0 Å². The number of aliphatic hydroxyl groups excluding tert-OH is 8. The summed E-state index contributed by atoms with van der Waals surface area (Å²) >= 11 is 0. The summed E-state index contributed by atoms with van der Waals surface area (Å²) in [6.07, 6.45) is -19.8. The molecule has 18 nitrogen and oxygen atoms in total. The van der Waals surface area contributed by atoms with Crippen molar-refractivity contribution in [3.8, 4) is 0 Å². The fraction of sp³-hybridized carbons (Fsp3) is 0.957. The zero-order valence-electron chi connectivity index (χ0n) is 21.7. The first kappa shape index (κ1) is 36.0. The third kappa shape index (κ3) is 7.87. The number of aliphatic hydroxyl groups is 8. The van der Waals surface area contributed by atoms with E-state index in [1.165, 1.54) is 0 Å². The molecule has 16 atom stereocenters. The number of rotatable bonds is 10. The van der Waals surface area contributed by atoms with Crippen LogP contribution in [0, 0.1) is 0 Å². The summed E-state index contributed by atoms with van der Waals surface area (Å²) in [6.45, 7) is -0.898. The van der Waals surface area contributed by atoms with Gasteiger partial charge in [-0.15, -0.1) is 0 Å². The van der Waals surface area contributed by atoms with E-state index in [0.29, 0.717) is 0 Å². The first-order chi connectivity index (χ1) is 18.9. The van der Waals surface area contributed by atoms with E-state index in [1.807, 2.05) is 0 Å². The molecule has 3 fully saturated rings. The highest BCUT2D eigenvalue weighted by molar-refractivity contribution is 5.80. The number of hydrogen-bond donors (Lipinski definition) is 13. The van der Waals surface area contributed by atoms with Crippen molar-refractivity contribution in [2.45, 2.75) is 118 Å². The van der Waals surface area contributed by atoms with Crippen LogP contribution in [0.25, 0.3) is 0 Å². The summed E-state index contributed by atoms with van der Waals surface area (Å²) in [5, 5.41) is 84.9. The van der Waals surface area contributed by atoms with Crippen molar-refractivity contribution in [3.63, 3.8) is 0 Å². The van der Waals surface area contributed by atoms with Gasteiger partial charge in [0, 0.05) is 12.6 Å². The van der Waals surface area contributed by atoms with E-state index in [2.05, 4.69) is 5.32 Å². The normalized spacial score (nSPS) is 45.9. The maximum Gasteiger partial charge on any atom is 0.249 e. The van der Waals surface area contributed by atoms with Crippen LogP contribution in [0.3, 0.4) is 0 Å². The number of carbonyl (C=O) groups excluding carboxylic acids is 1. The molecule has 1 aliphatic carbocycles. The molecule has 18 heteroatoms. The second-order valence-electron chi connectivity index (χ2n) is 10.3. The van der Waals surface area contributed by atoms with Crippen molar-refractivity contribution in [2.75, 3.05) is 19.7 Å². The molecule has 17 N–H and O–H groups in total. The maximum absolute atomic E-state index is 12.6. The standard InChI is InChI=1S/C22H43N5O13.CH4/c23-2-1-8(29)20(36)27-7-3-6(25)18(39-22-16(34)15(33)13(31)9(4-24)37-22)17(35)19(7)40-21-14(32)11(26)12(30)10(5-28)38-21;/h6-19,21-22,28-35H,1-5,23-26H2,(H,27,36);1H4. The first-order valence-corrected chi connectivity index (χ1v) is 13.1. The largest absolute Gasteiger partial charge is 0.394 e. The lowest BCUT2D eigenvalue weighted by atomic mass is 9.83. The highest BCUT2D eigenvalue weighted by Crippen LogP contribution is 2.32. The van der Waals surface area contributed by atoms with Crippen LogP contribution in [-0.4, -0.2) is 164 Å². The lowest BCUT2D eigenvalue weighted by molar-refractivity contribution is -0.332. The smallest absolute Gasteiger partial charge is 0.249 e. The molecule has 2 saturated heterocycles. The Morgan fingerprint density at radius 1 is 0.854 bits per heavy atom. The zero-order valence-corrected chi connectivity index (χ0v) is 21.7. The van der Waals surface area contributed by atoms with Gasteiger partial charge in [-0.1, -0.05) is 7.43 Å². The van der Waals surface area contributed by atoms with Gasteiger partial charge in [-0.3, -0.25) is 4.79 Å². The van der Waals surface area contributed by atoms with E-state index in [9.17, 15) is 45.6 Å². The number of nitrogens with two attached hydrogens (primary N) is 4. The number of hydrogen-bond acceptors (Lipinski definition) is 17. The minimum absolute atomic E-state index is 0. The molecular formula is C23H47N5O13. The first-order valence-electron chi connectivity index (χ1n) is 13.1. The molecule has 242 valence electrons. The molecule has 1 saturated carbocycles. The second-order valence-corrected chi connectivity index (χ2v) is 10.3. The molecule has 1 amide bonds. The van der Waals surface area contributed by atoms with Crippen LogP contribution in [-0.2, 0) is 23.7 Å². The van der Waals surface area contributed by atoms with Gasteiger partial charge in [0.15, 0.2) is 12.6 Å². The van der Waals surface area contributed by atoms with Crippen molar-refractivity contribution in [1.29, 1.82) is 0 Å². The van der Waals surface area contributed by atoms with Crippen LogP contribution in [0.5, 0.6) is 0 Å². The maximum atomic E-state index is 12.6. The Morgan fingerprint density at radius 3 is 2.02 bits per heavy atom. The number of amides is 1. The molecule has 0 radical (unpaired) electrons. The summed E-state index contributed by atoms with van der Waals surface area (Å²) in [7, 11) is 0. The molecule has 0 aromatic heterocycles. The Hall–Kier alpha value is -1.17. The lowest BCUT2D eigenvalue weighted by Crippen LogP contribution is -2.69. The van der Waals surface area contributed by atoms with Crippen molar-refractivity contribution < 1.29 is 64.6 Å². The monoisotopic (exact) mass is 601 g/mol. The summed E-state index contributed by atoms with van der Waals surface area (Å²) in [6, 6.07) is -3.45. The van der Waals surface area contributed by atoms with Crippen molar-refractivity contribution in [1.82, 2.24) is 5.32 Å². The zero-order chi connectivity index (χ0) is 29.9. The fourth-order valence-electron chi connectivity index (χ4n) is 5.07. The van der Waals surface area contributed by atoms with Gasteiger partial charge >= 0.3 is 0 Å². The topological polar surface area (TPSA) is 332 Å². The summed E-state index contributed by atoms with van der Waals surface area (Å²) < 4.78 is 22.5. The highest BCUT2D eigenvalue weighted by atomic mass is 16.7. The van der Waals surface area contributed by atoms with E-state index >= 15 is 0 Å². The Balaban J connectivity index is 0.00000588. The van der Waals surface area contributed by atoms with Crippen LogP contribution in [0.4, 0.5) is 0 Å². The van der Waals surface area contributed by atoms with Gasteiger partial charge in [-0.05, 0) is 19.4 Å². The van der Waals surface area contributed by atoms with E-state index in [1.54, 1.807) is 0 Å². The van der Waals surface area contributed by atoms with Crippen LogP contribution < -0.4 is 28.3 Å². The SMILES string of the molecule is C.NCCC(O)C(=O)NC1CC(N)C(OC2OC(CN)C(O)C(O)C2O)C(O)C1OC1OC(CO)C(O)C(N)C1O. The van der Waals surface area contributed by atoms with Crippen LogP contribution in [0.15, 0.2) is 0 Å². The van der Waals surface area contributed by atoms with Gasteiger partial charge < -0.3 is 88.1 Å². The third-order valence-electron chi connectivity index (χ3n) is 7.51. The van der Waals surface area contributed by atoms with Crippen molar-refractivity contribution in [3.05, 3.63) is 0 Å². The average molecular weight is 602 g/mol. The molecule has 3 aliphatic rings. The minimum Gasteiger partial charge on any atom is -0.394 e. The van der Waals surface area contributed by atoms with Gasteiger partial charge in [-0.2, -0.15) is 0 Å². The molecule has 2 aliphatic heterocycles. The number of ether oxygens (including phenoxy) is 4. The Kier molecular flexibility index (Phi) is 13.6. The summed E-state index contributed by atoms with van der Waals surface area (Å²) in [5.74, 6) is -0.845. The molecule has 0 aromatic carbocycles. The minimum atomic E-state index is -1.76. The molecule has 41 heavy (non-hydrogen) atoms. The van der Waals surface area contributed by atoms with Crippen LogP contribution in [0.1, 0.15) is 20.3 Å². The van der Waals surface area contributed by atoms with Gasteiger partial charge in [0.1, 0.15) is 67.1 Å². The quantitative estimate of drug-likeness (QED) is 0.110. The Morgan fingerprint density at radius 2 is 1.44 bits per heavy atom. The van der Waals surface area contributed by atoms with Crippen molar-refractivity contribution >= 4 is 5.91 Å². The van der Waals surface area contributed by atoms with Crippen LogP contribution in [0.2, 0.25) is 0 Å². The van der Waals surface area contributed by atoms with E-state index in [4.69, 9.17) is 41.9 Å². The number of nitrogens with one attached hydrogen (secondary N) is 1. The lowest BCUT2D eigenvalue weighted by Gasteiger charge is -2.49. The third-order valence-corrected chi connectivity index (χ3v) is 7.51. The molecule has 3 rings (SSSR count). The van der Waals surface area contributed by atoms with E-state index < -0.39 is 110 Å². The van der Waals surface area contributed by atoms with Gasteiger partial charge in [0.2, 0.25) is 5.91 Å². The molecular weight excluding hydrogens is 554 g/mol. The van der Waals surface area contributed by atoms with Crippen LogP contribution >= 0.6 is 0 Å². The van der Waals surface area contributed by atoms with Gasteiger partial charge in [0.25, 0.3) is 0 Å². The van der Waals surface area contributed by atoms with E-state index in [-0.39, 0.29) is 33.4 Å². The molecule has 0 bridgehead atoms. The molecule has 2 heterocycles. The molecule has 0 spiro atoms. The predicted molar refractivity (Wildman–Crippen MR) is 138 cm³/mol. The highest BCUT2D eigenvalue weighted by Gasteiger charge is 2.52. The Bertz CT molecular complexity index is 816. The molecule has 0 aromatic rings.